The Hall–Kier alpha value is -2.08. The van der Waals surface area contributed by atoms with Gasteiger partial charge in [0, 0.05) is 51.5 Å². The van der Waals surface area contributed by atoms with Gasteiger partial charge in [-0.05, 0) is 38.3 Å². The van der Waals surface area contributed by atoms with Gasteiger partial charge in [-0.1, -0.05) is 18.2 Å². The maximum atomic E-state index is 12.6. The Balaban J connectivity index is 1.76. The monoisotopic (exact) mass is 361 g/mol. The van der Waals surface area contributed by atoms with Gasteiger partial charge in [0.2, 0.25) is 11.8 Å². The summed E-state index contributed by atoms with van der Waals surface area (Å²) >= 11 is 0. The largest absolute Gasteiger partial charge is 0.385 e. The lowest BCUT2D eigenvalue weighted by atomic mass is 9.96. The number of rotatable bonds is 9. The Morgan fingerprint density at radius 3 is 2.54 bits per heavy atom. The Bertz CT molecular complexity index is 557. The maximum Gasteiger partial charge on any atom is 0.242 e. The Morgan fingerprint density at radius 2 is 1.92 bits per heavy atom. The lowest BCUT2D eigenvalue weighted by Gasteiger charge is -2.33. The van der Waals surface area contributed by atoms with Gasteiger partial charge in [0.1, 0.15) is 0 Å². The fourth-order valence-electron chi connectivity index (χ4n) is 3.25. The van der Waals surface area contributed by atoms with Crippen molar-refractivity contribution in [1.29, 1.82) is 0 Å². The van der Waals surface area contributed by atoms with Crippen molar-refractivity contribution in [2.45, 2.75) is 26.2 Å². The molecule has 0 aromatic heterocycles. The number of benzene rings is 1. The molecular formula is C20H31N3O3. The van der Waals surface area contributed by atoms with Crippen molar-refractivity contribution in [3.05, 3.63) is 30.3 Å². The van der Waals surface area contributed by atoms with E-state index < -0.39 is 0 Å². The molecule has 26 heavy (non-hydrogen) atoms. The lowest BCUT2D eigenvalue weighted by molar-refractivity contribution is -0.134. The molecule has 6 heteroatoms. The zero-order chi connectivity index (χ0) is 18.8. The minimum Gasteiger partial charge on any atom is -0.385 e. The molecule has 2 amide bonds. The highest BCUT2D eigenvalue weighted by atomic mass is 16.5. The first kappa shape index (κ1) is 20.2. The van der Waals surface area contributed by atoms with Crippen molar-refractivity contribution in [1.82, 2.24) is 10.2 Å². The van der Waals surface area contributed by atoms with E-state index in [1.165, 1.54) is 0 Å². The fourth-order valence-corrected chi connectivity index (χ4v) is 3.25. The van der Waals surface area contributed by atoms with Crippen LogP contribution < -0.4 is 10.2 Å². The Labute approximate surface area is 156 Å². The second-order valence-electron chi connectivity index (χ2n) is 6.64. The lowest BCUT2D eigenvalue weighted by Crippen LogP contribution is -2.46. The van der Waals surface area contributed by atoms with E-state index in [0.717, 1.165) is 31.5 Å². The van der Waals surface area contributed by atoms with E-state index in [4.69, 9.17) is 4.74 Å². The summed E-state index contributed by atoms with van der Waals surface area (Å²) in [6, 6.07) is 10.00. The molecule has 2 rings (SSSR count). The second kappa shape index (κ2) is 10.8. The van der Waals surface area contributed by atoms with Crippen molar-refractivity contribution in [2.24, 2.45) is 5.92 Å². The molecule has 1 aliphatic rings. The van der Waals surface area contributed by atoms with E-state index in [-0.39, 0.29) is 17.7 Å². The highest BCUT2D eigenvalue weighted by molar-refractivity contribution is 5.82. The molecule has 0 bridgehead atoms. The average Bonchev–Trinajstić information content (AvgIpc) is 2.70. The molecule has 1 saturated heterocycles. The van der Waals surface area contributed by atoms with Crippen molar-refractivity contribution >= 4 is 17.5 Å². The maximum absolute atomic E-state index is 12.6. The third kappa shape index (κ3) is 6.02. The van der Waals surface area contributed by atoms with Gasteiger partial charge < -0.3 is 19.9 Å². The van der Waals surface area contributed by atoms with Crippen LogP contribution in [0.15, 0.2) is 30.3 Å². The zero-order valence-corrected chi connectivity index (χ0v) is 15.9. The van der Waals surface area contributed by atoms with Crippen LogP contribution in [0.2, 0.25) is 0 Å². The molecule has 0 aliphatic carbocycles. The first-order valence-electron chi connectivity index (χ1n) is 9.50. The van der Waals surface area contributed by atoms with Crippen LogP contribution >= 0.6 is 0 Å². The number of ether oxygens (including phenoxy) is 1. The number of methoxy groups -OCH3 is 1. The molecule has 1 fully saturated rings. The molecule has 1 aliphatic heterocycles. The van der Waals surface area contributed by atoms with E-state index in [0.29, 0.717) is 32.8 Å². The molecule has 144 valence electrons. The number of carbonyl (C=O) groups is 2. The number of nitrogens with zero attached hydrogens (tertiary/aromatic N) is 2. The predicted octanol–water partition coefficient (Wildman–Crippen LogP) is 1.90. The van der Waals surface area contributed by atoms with Crippen molar-refractivity contribution in [2.75, 3.05) is 51.3 Å². The molecule has 0 unspecified atom stereocenters. The van der Waals surface area contributed by atoms with Gasteiger partial charge >= 0.3 is 0 Å². The molecule has 0 radical (unpaired) electrons. The Morgan fingerprint density at radius 1 is 1.23 bits per heavy atom. The average molecular weight is 361 g/mol. The smallest absolute Gasteiger partial charge is 0.242 e. The van der Waals surface area contributed by atoms with Gasteiger partial charge in [0.05, 0.1) is 6.54 Å². The van der Waals surface area contributed by atoms with Crippen LogP contribution in [0.4, 0.5) is 5.69 Å². The van der Waals surface area contributed by atoms with Crippen LogP contribution in [-0.2, 0) is 14.3 Å². The zero-order valence-electron chi connectivity index (χ0n) is 15.9. The molecule has 1 heterocycles. The summed E-state index contributed by atoms with van der Waals surface area (Å²) in [6.07, 6.45) is 2.30. The summed E-state index contributed by atoms with van der Waals surface area (Å²) < 4.78 is 4.98. The highest BCUT2D eigenvalue weighted by Crippen LogP contribution is 2.19. The van der Waals surface area contributed by atoms with Gasteiger partial charge in [-0.15, -0.1) is 0 Å². The van der Waals surface area contributed by atoms with Gasteiger partial charge in [0.15, 0.2) is 0 Å². The minimum absolute atomic E-state index is 0.0120. The first-order valence-corrected chi connectivity index (χ1v) is 9.50. The molecule has 6 nitrogen and oxygen atoms in total. The van der Waals surface area contributed by atoms with Gasteiger partial charge in [-0.2, -0.15) is 0 Å². The number of carbonyl (C=O) groups excluding carboxylic acids is 2. The molecule has 1 aromatic rings. The van der Waals surface area contributed by atoms with Crippen molar-refractivity contribution in [3.8, 4) is 0 Å². The van der Waals surface area contributed by atoms with Gasteiger partial charge in [-0.25, -0.2) is 0 Å². The summed E-state index contributed by atoms with van der Waals surface area (Å²) in [5.41, 5.74) is 1.06. The molecular weight excluding hydrogens is 330 g/mol. The first-order chi connectivity index (χ1) is 12.7. The Kier molecular flexibility index (Phi) is 8.41. The number of anilines is 1. The van der Waals surface area contributed by atoms with Crippen molar-refractivity contribution in [3.63, 3.8) is 0 Å². The number of likely N-dealkylation sites (tertiary alicyclic amines) is 1. The minimum atomic E-state index is 0.0120. The number of likely N-dealkylation sites (N-methyl/N-ethyl adjacent to an activating group) is 1. The third-order valence-electron chi connectivity index (χ3n) is 4.87. The van der Waals surface area contributed by atoms with Crippen LogP contribution in [-0.4, -0.2) is 63.2 Å². The summed E-state index contributed by atoms with van der Waals surface area (Å²) in [7, 11) is 1.66. The number of piperidine rings is 1. The van der Waals surface area contributed by atoms with E-state index in [1.807, 2.05) is 35.2 Å². The summed E-state index contributed by atoms with van der Waals surface area (Å²) in [5, 5.41) is 2.96. The van der Waals surface area contributed by atoms with Crippen LogP contribution in [0.25, 0.3) is 0 Å². The molecule has 0 saturated carbocycles. The number of nitrogens with one attached hydrogen (secondary N) is 1. The van der Waals surface area contributed by atoms with Gasteiger partial charge in [0.25, 0.3) is 0 Å². The molecule has 0 atom stereocenters. The SMILES string of the molecule is CCN(CC(=O)N1CCC(C(=O)NCCCOC)CC1)c1ccccc1. The van der Waals surface area contributed by atoms with Crippen molar-refractivity contribution < 1.29 is 14.3 Å². The second-order valence-corrected chi connectivity index (χ2v) is 6.64. The summed E-state index contributed by atoms with van der Waals surface area (Å²) in [5.74, 6) is 0.250. The van der Waals surface area contributed by atoms with Crippen LogP contribution in [0.3, 0.4) is 0 Å². The highest BCUT2D eigenvalue weighted by Gasteiger charge is 2.27. The standard InChI is InChI=1S/C20H31N3O3/c1-3-22(18-8-5-4-6-9-18)16-19(24)23-13-10-17(11-14-23)20(25)21-12-7-15-26-2/h4-6,8-9,17H,3,7,10-16H2,1-2H3,(H,21,25). The predicted molar refractivity (Wildman–Crippen MR) is 103 cm³/mol. The quantitative estimate of drug-likeness (QED) is 0.683. The van der Waals surface area contributed by atoms with Crippen LogP contribution in [0.5, 0.6) is 0 Å². The summed E-state index contributed by atoms with van der Waals surface area (Å²) in [6.45, 7) is 5.84. The molecule has 1 aromatic carbocycles. The number of amides is 2. The molecule has 1 N–H and O–H groups in total. The summed E-state index contributed by atoms with van der Waals surface area (Å²) in [4.78, 5) is 28.8. The van der Waals surface area contributed by atoms with E-state index >= 15 is 0 Å². The fraction of sp³-hybridized carbons (Fsp3) is 0.600. The van der Waals surface area contributed by atoms with Crippen LogP contribution in [0, 0.1) is 5.92 Å². The topological polar surface area (TPSA) is 61.9 Å². The van der Waals surface area contributed by atoms with E-state index in [9.17, 15) is 9.59 Å². The number of hydrogen-bond donors (Lipinski definition) is 1. The molecule has 0 spiro atoms. The van der Waals surface area contributed by atoms with E-state index in [2.05, 4.69) is 17.1 Å². The van der Waals surface area contributed by atoms with E-state index in [1.54, 1.807) is 7.11 Å². The third-order valence-corrected chi connectivity index (χ3v) is 4.87. The van der Waals surface area contributed by atoms with Gasteiger partial charge in [-0.3, -0.25) is 9.59 Å². The number of para-hydroxylation sites is 1. The normalized spacial score (nSPS) is 14.9. The number of hydrogen-bond acceptors (Lipinski definition) is 4. The van der Waals surface area contributed by atoms with Crippen LogP contribution in [0.1, 0.15) is 26.2 Å².